The molecule has 1 N–H and O–H groups in total. The van der Waals surface area contributed by atoms with Gasteiger partial charge in [0.15, 0.2) is 5.65 Å². The van der Waals surface area contributed by atoms with E-state index in [0.717, 1.165) is 28.1 Å². The molecule has 4 rings (SSSR count). The van der Waals surface area contributed by atoms with Gasteiger partial charge in [-0.05, 0) is 50.1 Å². The lowest BCUT2D eigenvalue weighted by Crippen LogP contribution is -2.28. The molecule has 0 spiro atoms. The Morgan fingerprint density at radius 2 is 1.76 bits per heavy atom. The number of benzene rings is 2. The Hall–Kier alpha value is -3.74. The van der Waals surface area contributed by atoms with Crippen LogP contribution in [0.15, 0.2) is 59.8 Å². The monoisotopic (exact) mass is 387 g/mol. The van der Waals surface area contributed by atoms with E-state index in [1.807, 2.05) is 63.2 Å². The second-order valence-electron chi connectivity index (χ2n) is 7.17. The number of aryl methyl sites for hydroxylation is 3. The number of hydrogen-bond donors (Lipinski definition) is 1. The number of rotatable bonds is 4. The lowest BCUT2D eigenvalue weighted by Gasteiger charge is -2.10. The van der Waals surface area contributed by atoms with Crippen LogP contribution in [0.2, 0.25) is 0 Å². The third kappa shape index (κ3) is 3.67. The summed E-state index contributed by atoms with van der Waals surface area (Å²) in [7, 11) is 0. The fourth-order valence-electron chi connectivity index (χ4n) is 3.15. The van der Waals surface area contributed by atoms with Crippen LogP contribution >= 0.6 is 0 Å². The lowest BCUT2D eigenvalue weighted by atomic mass is 10.1. The number of fused-ring (bicyclic) bond motifs is 1. The molecule has 0 radical (unpaired) electrons. The Bertz CT molecular complexity index is 1270. The Labute approximate surface area is 167 Å². The fraction of sp³-hybridized carbons (Fsp3) is 0.182. The van der Waals surface area contributed by atoms with Gasteiger partial charge in [-0.25, -0.2) is 9.67 Å². The van der Waals surface area contributed by atoms with E-state index in [9.17, 15) is 9.59 Å². The lowest BCUT2D eigenvalue weighted by molar-refractivity contribution is -0.116. The van der Waals surface area contributed by atoms with Gasteiger partial charge in [-0.1, -0.05) is 29.8 Å². The van der Waals surface area contributed by atoms with Crippen molar-refractivity contribution in [1.82, 2.24) is 19.3 Å². The molecular formula is C22H21N5O2. The van der Waals surface area contributed by atoms with Crippen LogP contribution in [0.4, 0.5) is 5.69 Å². The third-order valence-electron chi connectivity index (χ3n) is 4.81. The topological polar surface area (TPSA) is 81.8 Å². The van der Waals surface area contributed by atoms with Gasteiger partial charge in [0.25, 0.3) is 5.56 Å². The molecular weight excluding hydrogens is 366 g/mol. The van der Waals surface area contributed by atoms with Crippen molar-refractivity contribution >= 4 is 22.6 Å². The molecule has 1 amide bonds. The van der Waals surface area contributed by atoms with Crippen molar-refractivity contribution in [3.8, 4) is 5.69 Å². The second-order valence-corrected chi connectivity index (χ2v) is 7.17. The molecule has 2 aromatic heterocycles. The zero-order chi connectivity index (χ0) is 20.5. The average Bonchev–Trinajstić information content (AvgIpc) is 3.12. The van der Waals surface area contributed by atoms with Crippen molar-refractivity contribution in [3.63, 3.8) is 0 Å². The van der Waals surface area contributed by atoms with E-state index < -0.39 is 0 Å². The zero-order valence-electron chi connectivity index (χ0n) is 16.5. The average molecular weight is 387 g/mol. The van der Waals surface area contributed by atoms with Crippen molar-refractivity contribution in [1.29, 1.82) is 0 Å². The molecule has 2 heterocycles. The van der Waals surface area contributed by atoms with E-state index >= 15 is 0 Å². The maximum absolute atomic E-state index is 12.8. The summed E-state index contributed by atoms with van der Waals surface area (Å²) in [5.41, 5.74) is 4.87. The molecule has 0 unspecified atom stereocenters. The highest BCUT2D eigenvalue weighted by Crippen LogP contribution is 2.17. The summed E-state index contributed by atoms with van der Waals surface area (Å²) in [6.45, 7) is 5.77. The van der Waals surface area contributed by atoms with Gasteiger partial charge in [-0.3, -0.25) is 14.2 Å². The molecule has 0 bridgehead atoms. The Kier molecular flexibility index (Phi) is 4.72. The van der Waals surface area contributed by atoms with Crippen LogP contribution in [-0.4, -0.2) is 25.2 Å². The number of anilines is 1. The first-order valence-corrected chi connectivity index (χ1v) is 9.30. The number of aromatic nitrogens is 4. The van der Waals surface area contributed by atoms with Crippen molar-refractivity contribution in [2.45, 2.75) is 27.3 Å². The summed E-state index contributed by atoms with van der Waals surface area (Å²) in [6, 6.07) is 13.6. The molecule has 29 heavy (non-hydrogen) atoms. The van der Waals surface area contributed by atoms with Gasteiger partial charge in [0, 0.05) is 5.69 Å². The van der Waals surface area contributed by atoms with Gasteiger partial charge < -0.3 is 5.32 Å². The van der Waals surface area contributed by atoms with Gasteiger partial charge in [-0.2, -0.15) is 5.10 Å². The van der Waals surface area contributed by atoms with Gasteiger partial charge in [0.1, 0.15) is 18.3 Å². The molecule has 0 fully saturated rings. The summed E-state index contributed by atoms with van der Waals surface area (Å²) in [4.78, 5) is 29.7. The van der Waals surface area contributed by atoms with E-state index in [2.05, 4.69) is 15.4 Å². The maximum Gasteiger partial charge on any atom is 0.264 e. The van der Waals surface area contributed by atoms with Crippen LogP contribution in [0, 0.1) is 20.8 Å². The van der Waals surface area contributed by atoms with E-state index in [1.165, 1.54) is 17.1 Å². The molecule has 0 aliphatic carbocycles. The summed E-state index contributed by atoms with van der Waals surface area (Å²) < 4.78 is 2.92. The number of nitrogens with one attached hydrogen (secondary N) is 1. The first-order chi connectivity index (χ1) is 13.9. The van der Waals surface area contributed by atoms with Gasteiger partial charge in [-0.15, -0.1) is 0 Å². The smallest absolute Gasteiger partial charge is 0.264 e. The fourth-order valence-corrected chi connectivity index (χ4v) is 3.15. The molecule has 0 aliphatic heterocycles. The Balaban J connectivity index is 1.61. The summed E-state index contributed by atoms with van der Waals surface area (Å²) in [5.74, 6) is -0.284. The minimum Gasteiger partial charge on any atom is -0.324 e. The van der Waals surface area contributed by atoms with Crippen molar-refractivity contribution in [2.24, 2.45) is 0 Å². The number of carbonyl (C=O) groups excluding carboxylic acids is 1. The highest BCUT2D eigenvalue weighted by molar-refractivity contribution is 5.91. The molecule has 0 atom stereocenters. The molecule has 7 heteroatoms. The minimum absolute atomic E-state index is 0.120. The highest BCUT2D eigenvalue weighted by atomic mass is 16.2. The van der Waals surface area contributed by atoms with Gasteiger partial charge >= 0.3 is 0 Å². The van der Waals surface area contributed by atoms with E-state index in [0.29, 0.717) is 11.0 Å². The predicted molar refractivity (Wildman–Crippen MR) is 112 cm³/mol. The summed E-state index contributed by atoms with van der Waals surface area (Å²) in [6.07, 6.45) is 2.88. The van der Waals surface area contributed by atoms with E-state index in [1.54, 1.807) is 4.68 Å². The zero-order valence-corrected chi connectivity index (χ0v) is 16.5. The number of carbonyl (C=O) groups is 1. The first-order valence-electron chi connectivity index (χ1n) is 9.30. The maximum atomic E-state index is 12.8. The summed E-state index contributed by atoms with van der Waals surface area (Å²) in [5, 5.41) is 7.54. The normalized spacial score (nSPS) is 11.0. The van der Waals surface area contributed by atoms with Crippen LogP contribution < -0.4 is 10.9 Å². The van der Waals surface area contributed by atoms with Crippen LogP contribution in [0.1, 0.15) is 16.7 Å². The Morgan fingerprint density at radius 1 is 1.03 bits per heavy atom. The van der Waals surface area contributed by atoms with Gasteiger partial charge in [0.2, 0.25) is 5.91 Å². The van der Waals surface area contributed by atoms with Gasteiger partial charge in [0.05, 0.1) is 11.9 Å². The minimum atomic E-state index is -0.301. The molecule has 146 valence electrons. The van der Waals surface area contributed by atoms with Crippen LogP contribution in [0.25, 0.3) is 16.7 Å². The summed E-state index contributed by atoms with van der Waals surface area (Å²) >= 11 is 0. The number of amides is 1. The van der Waals surface area contributed by atoms with Crippen molar-refractivity contribution in [3.05, 3.63) is 82.0 Å². The quantitative estimate of drug-likeness (QED) is 0.583. The molecule has 0 aliphatic rings. The van der Waals surface area contributed by atoms with E-state index in [4.69, 9.17) is 0 Å². The largest absolute Gasteiger partial charge is 0.324 e. The predicted octanol–water partition coefficient (Wildman–Crippen LogP) is 3.15. The van der Waals surface area contributed by atoms with Crippen LogP contribution in [0.5, 0.6) is 0 Å². The van der Waals surface area contributed by atoms with Crippen LogP contribution in [-0.2, 0) is 11.3 Å². The molecule has 4 aromatic rings. The van der Waals surface area contributed by atoms with Crippen molar-refractivity contribution < 1.29 is 4.79 Å². The van der Waals surface area contributed by atoms with Crippen LogP contribution in [0.3, 0.4) is 0 Å². The number of nitrogens with zero attached hydrogens (tertiary/aromatic N) is 4. The molecule has 0 saturated heterocycles. The number of hydrogen-bond acceptors (Lipinski definition) is 4. The second kappa shape index (κ2) is 7.35. The standard InChI is InChI=1S/C22H21N5O2/c1-14-5-8-17(9-6-14)27-21-18(11-24-27)22(29)26(13-23-21)12-20(28)25-19-10-15(2)4-7-16(19)3/h4-11,13H,12H2,1-3H3,(H,25,28). The molecule has 2 aromatic carbocycles. The molecule has 7 nitrogen and oxygen atoms in total. The first kappa shape index (κ1) is 18.6. The third-order valence-corrected chi connectivity index (χ3v) is 4.81. The van der Waals surface area contributed by atoms with E-state index in [-0.39, 0.29) is 18.0 Å². The highest BCUT2D eigenvalue weighted by Gasteiger charge is 2.14. The van der Waals surface area contributed by atoms with Crippen molar-refractivity contribution in [2.75, 3.05) is 5.32 Å². The Morgan fingerprint density at radius 3 is 2.52 bits per heavy atom. The SMILES string of the molecule is Cc1ccc(-n2ncc3c(=O)n(CC(=O)Nc4cc(C)ccc4C)cnc32)cc1. The molecule has 0 saturated carbocycles.